The van der Waals surface area contributed by atoms with Crippen LogP contribution in [0, 0.1) is 0 Å². The Kier molecular flexibility index (Phi) is 2.67. The highest BCUT2D eigenvalue weighted by molar-refractivity contribution is 5.38. The summed E-state index contributed by atoms with van der Waals surface area (Å²) in [6, 6.07) is 7.97. The Morgan fingerprint density at radius 1 is 1.53 bits per heavy atom. The first-order valence-corrected chi connectivity index (χ1v) is 5.17. The van der Waals surface area contributed by atoms with Gasteiger partial charge in [-0.2, -0.15) is 0 Å². The summed E-state index contributed by atoms with van der Waals surface area (Å²) in [5, 5.41) is 0. The van der Waals surface area contributed by atoms with E-state index in [1.807, 2.05) is 31.2 Å². The van der Waals surface area contributed by atoms with Crippen molar-refractivity contribution in [2.45, 2.75) is 25.0 Å². The first kappa shape index (κ1) is 10.5. The molecule has 15 heavy (non-hydrogen) atoms. The number of methoxy groups -OCH3 is 1. The minimum Gasteiger partial charge on any atom is -0.485 e. The molecule has 1 aliphatic rings. The Balaban J connectivity index is 2.29. The molecule has 0 spiro atoms. The summed E-state index contributed by atoms with van der Waals surface area (Å²) < 4.78 is 11.1. The average Bonchev–Trinajstić information content (AvgIpc) is 2.17. The van der Waals surface area contributed by atoms with E-state index in [1.165, 1.54) is 0 Å². The zero-order chi connectivity index (χ0) is 10.9. The molecule has 1 aliphatic heterocycles. The average molecular weight is 207 g/mol. The van der Waals surface area contributed by atoms with Gasteiger partial charge in [0.1, 0.15) is 11.4 Å². The second kappa shape index (κ2) is 3.83. The number of fused-ring (bicyclic) bond motifs is 1. The molecule has 3 heteroatoms. The second-order valence-corrected chi connectivity index (χ2v) is 4.33. The van der Waals surface area contributed by atoms with Crippen molar-refractivity contribution in [3.63, 3.8) is 0 Å². The Hall–Kier alpha value is -1.06. The van der Waals surface area contributed by atoms with Crippen LogP contribution in [0.4, 0.5) is 0 Å². The van der Waals surface area contributed by atoms with Crippen LogP contribution in [0.15, 0.2) is 24.3 Å². The lowest BCUT2D eigenvalue weighted by atomic mass is 9.89. The van der Waals surface area contributed by atoms with Gasteiger partial charge in [0.15, 0.2) is 0 Å². The number of nitrogens with two attached hydrogens (primary N) is 1. The first-order chi connectivity index (χ1) is 7.14. The summed E-state index contributed by atoms with van der Waals surface area (Å²) >= 11 is 0. The maximum atomic E-state index is 6.12. The normalized spacial score (nSPS) is 29.4. The van der Waals surface area contributed by atoms with Crippen LogP contribution in [0.25, 0.3) is 0 Å². The van der Waals surface area contributed by atoms with Gasteiger partial charge in [-0.05, 0) is 13.0 Å². The fraction of sp³-hybridized carbons (Fsp3) is 0.500. The summed E-state index contributed by atoms with van der Waals surface area (Å²) in [7, 11) is 1.68. The van der Waals surface area contributed by atoms with Gasteiger partial charge < -0.3 is 15.2 Å². The number of benzene rings is 1. The van der Waals surface area contributed by atoms with Gasteiger partial charge in [-0.1, -0.05) is 18.2 Å². The Morgan fingerprint density at radius 2 is 2.27 bits per heavy atom. The van der Waals surface area contributed by atoms with Gasteiger partial charge in [0.05, 0.1) is 6.61 Å². The molecule has 2 atom stereocenters. The second-order valence-electron chi connectivity index (χ2n) is 4.33. The Bertz CT molecular complexity index is 353. The fourth-order valence-corrected chi connectivity index (χ4v) is 2.16. The molecular weight excluding hydrogens is 190 g/mol. The molecule has 1 aromatic rings. The van der Waals surface area contributed by atoms with Gasteiger partial charge in [0, 0.05) is 25.1 Å². The van der Waals surface area contributed by atoms with Crippen LogP contribution in [0.2, 0.25) is 0 Å². The Labute approximate surface area is 90.2 Å². The maximum Gasteiger partial charge on any atom is 0.131 e. The summed E-state index contributed by atoms with van der Waals surface area (Å²) in [4.78, 5) is 0. The summed E-state index contributed by atoms with van der Waals surface area (Å²) in [5.74, 6) is 0.885. The summed E-state index contributed by atoms with van der Waals surface area (Å²) in [6.07, 6.45) is 0.790. The SMILES string of the molecule is COC[C@@]1(C)C[C@H](N)c2ccccc2O1. The lowest BCUT2D eigenvalue weighted by Crippen LogP contribution is -2.43. The molecule has 0 radical (unpaired) electrons. The number of ether oxygens (including phenoxy) is 2. The van der Waals surface area contributed by atoms with Crippen molar-refractivity contribution in [1.29, 1.82) is 0 Å². The minimum absolute atomic E-state index is 0.0371. The van der Waals surface area contributed by atoms with E-state index in [2.05, 4.69) is 0 Å². The fourth-order valence-electron chi connectivity index (χ4n) is 2.16. The molecule has 2 N–H and O–H groups in total. The van der Waals surface area contributed by atoms with Gasteiger partial charge in [0.2, 0.25) is 0 Å². The molecule has 0 aliphatic carbocycles. The number of rotatable bonds is 2. The lowest BCUT2D eigenvalue weighted by molar-refractivity contribution is -0.0172. The zero-order valence-electron chi connectivity index (χ0n) is 9.19. The van der Waals surface area contributed by atoms with Crippen molar-refractivity contribution in [2.75, 3.05) is 13.7 Å². The van der Waals surface area contributed by atoms with Crippen LogP contribution in [-0.2, 0) is 4.74 Å². The van der Waals surface area contributed by atoms with Crippen LogP contribution in [0.5, 0.6) is 5.75 Å². The van der Waals surface area contributed by atoms with Crippen LogP contribution in [-0.4, -0.2) is 19.3 Å². The van der Waals surface area contributed by atoms with E-state index in [4.69, 9.17) is 15.2 Å². The molecule has 0 fully saturated rings. The molecule has 0 aromatic heterocycles. The molecule has 2 rings (SSSR count). The molecule has 82 valence electrons. The zero-order valence-corrected chi connectivity index (χ0v) is 9.19. The molecular formula is C12H17NO2. The summed E-state index contributed by atoms with van der Waals surface area (Å²) in [6.45, 7) is 2.60. The smallest absolute Gasteiger partial charge is 0.131 e. The van der Waals surface area contributed by atoms with Crippen molar-refractivity contribution >= 4 is 0 Å². The molecule has 0 saturated carbocycles. The highest BCUT2D eigenvalue weighted by Crippen LogP contribution is 2.38. The van der Waals surface area contributed by atoms with Gasteiger partial charge in [-0.15, -0.1) is 0 Å². The minimum atomic E-state index is -0.303. The van der Waals surface area contributed by atoms with Crippen molar-refractivity contribution in [1.82, 2.24) is 0 Å². The van der Waals surface area contributed by atoms with Gasteiger partial charge in [0.25, 0.3) is 0 Å². The monoisotopic (exact) mass is 207 g/mol. The van der Waals surface area contributed by atoms with Crippen molar-refractivity contribution in [3.05, 3.63) is 29.8 Å². The number of hydrogen-bond acceptors (Lipinski definition) is 3. The van der Waals surface area contributed by atoms with E-state index in [9.17, 15) is 0 Å². The molecule has 0 bridgehead atoms. The van der Waals surface area contributed by atoms with Gasteiger partial charge in [-0.3, -0.25) is 0 Å². The highest BCUT2D eigenvalue weighted by Gasteiger charge is 2.35. The quantitative estimate of drug-likeness (QED) is 0.805. The molecule has 0 unspecified atom stereocenters. The lowest BCUT2D eigenvalue weighted by Gasteiger charge is -2.38. The summed E-state index contributed by atoms with van der Waals surface area (Å²) in [5.41, 5.74) is 6.90. The molecule has 1 aromatic carbocycles. The maximum absolute atomic E-state index is 6.12. The van der Waals surface area contributed by atoms with E-state index in [-0.39, 0.29) is 11.6 Å². The van der Waals surface area contributed by atoms with Gasteiger partial charge in [-0.25, -0.2) is 0 Å². The topological polar surface area (TPSA) is 44.5 Å². The van der Waals surface area contributed by atoms with Crippen LogP contribution < -0.4 is 10.5 Å². The van der Waals surface area contributed by atoms with E-state index in [0.29, 0.717) is 6.61 Å². The van der Waals surface area contributed by atoms with Crippen LogP contribution in [0.1, 0.15) is 24.9 Å². The highest BCUT2D eigenvalue weighted by atomic mass is 16.5. The van der Waals surface area contributed by atoms with E-state index >= 15 is 0 Å². The van der Waals surface area contributed by atoms with Crippen molar-refractivity contribution in [2.24, 2.45) is 5.73 Å². The van der Waals surface area contributed by atoms with Crippen LogP contribution in [0.3, 0.4) is 0 Å². The molecule has 0 amide bonds. The van der Waals surface area contributed by atoms with Crippen molar-refractivity contribution in [3.8, 4) is 5.75 Å². The third-order valence-electron chi connectivity index (χ3n) is 2.78. The Morgan fingerprint density at radius 3 is 3.00 bits per heavy atom. The van der Waals surface area contributed by atoms with E-state index in [1.54, 1.807) is 7.11 Å². The van der Waals surface area contributed by atoms with Crippen LogP contribution >= 0.6 is 0 Å². The van der Waals surface area contributed by atoms with E-state index < -0.39 is 0 Å². The predicted molar refractivity (Wildman–Crippen MR) is 58.9 cm³/mol. The third-order valence-corrected chi connectivity index (χ3v) is 2.78. The van der Waals surface area contributed by atoms with E-state index in [0.717, 1.165) is 17.7 Å². The number of para-hydroxylation sites is 1. The standard InChI is InChI=1S/C12H17NO2/c1-12(8-14-2)7-10(13)9-5-3-4-6-11(9)15-12/h3-6,10H,7-8,13H2,1-2H3/t10-,12+/m0/s1. The molecule has 0 saturated heterocycles. The number of hydrogen-bond donors (Lipinski definition) is 1. The first-order valence-electron chi connectivity index (χ1n) is 5.17. The molecule has 1 heterocycles. The predicted octanol–water partition coefficient (Wildman–Crippen LogP) is 1.87. The largest absolute Gasteiger partial charge is 0.485 e. The molecule has 3 nitrogen and oxygen atoms in total. The van der Waals surface area contributed by atoms with Gasteiger partial charge >= 0.3 is 0 Å². The van der Waals surface area contributed by atoms with Crippen molar-refractivity contribution < 1.29 is 9.47 Å². The third kappa shape index (κ3) is 1.98.